The molecule has 2 heterocycles. The number of hydrogen-bond acceptors (Lipinski definition) is 4. The van der Waals surface area contributed by atoms with Crippen molar-refractivity contribution in [2.75, 3.05) is 32.7 Å². The summed E-state index contributed by atoms with van der Waals surface area (Å²) in [7, 11) is 0. The van der Waals surface area contributed by atoms with Gasteiger partial charge in [-0.3, -0.25) is 14.6 Å². The van der Waals surface area contributed by atoms with Crippen molar-refractivity contribution in [3.05, 3.63) is 35.4 Å². The lowest BCUT2D eigenvalue weighted by molar-refractivity contribution is -0.140. The van der Waals surface area contributed by atoms with Crippen molar-refractivity contribution >= 4 is 5.91 Å². The molecular weight excluding hydrogens is 348 g/mol. The minimum Gasteiger partial charge on any atom is -0.338 e. The molecule has 0 N–H and O–H groups in total. The summed E-state index contributed by atoms with van der Waals surface area (Å²) < 4.78 is 0. The fourth-order valence-electron chi connectivity index (χ4n) is 4.59. The van der Waals surface area contributed by atoms with Gasteiger partial charge in [-0.15, -0.1) is 0 Å². The van der Waals surface area contributed by atoms with Crippen molar-refractivity contribution in [3.8, 4) is 6.07 Å². The minimum absolute atomic E-state index is 0.0259. The number of piperidine rings is 1. The Balaban J connectivity index is 1.54. The Kier molecular flexibility index (Phi) is 7.47. The third kappa shape index (κ3) is 5.12. The first-order valence-corrected chi connectivity index (χ1v) is 10.9. The highest BCUT2D eigenvalue weighted by atomic mass is 16.2. The van der Waals surface area contributed by atoms with Crippen LogP contribution in [0.1, 0.15) is 57.1 Å². The van der Waals surface area contributed by atoms with E-state index in [4.69, 9.17) is 5.26 Å². The zero-order valence-electron chi connectivity index (χ0n) is 17.4. The highest BCUT2D eigenvalue weighted by molar-refractivity contribution is 5.82. The number of benzene rings is 1. The molecule has 2 atom stereocenters. The fraction of sp³-hybridized carbons (Fsp3) is 0.652. The zero-order valence-corrected chi connectivity index (χ0v) is 17.4. The molecule has 0 bridgehead atoms. The van der Waals surface area contributed by atoms with Crippen LogP contribution in [0, 0.1) is 11.3 Å². The normalized spacial score (nSPS) is 23.0. The Hall–Kier alpha value is -1.90. The Morgan fingerprint density at radius 3 is 2.61 bits per heavy atom. The summed E-state index contributed by atoms with van der Waals surface area (Å²) in [4.78, 5) is 20.2. The van der Waals surface area contributed by atoms with Crippen LogP contribution in [0.3, 0.4) is 0 Å². The van der Waals surface area contributed by atoms with Crippen LogP contribution < -0.4 is 0 Å². The fourth-order valence-corrected chi connectivity index (χ4v) is 4.59. The maximum atomic E-state index is 13.2. The number of hydrogen-bond donors (Lipinski definition) is 0. The minimum atomic E-state index is -0.0259. The van der Waals surface area contributed by atoms with Gasteiger partial charge in [-0.1, -0.05) is 19.1 Å². The van der Waals surface area contributed by atoms with E-state index in [-0.39, 0.29) is 6.04 Å². The molecule has 0 radical (unpaired) electrons. The van der Waals surface area contributed by atoms with Gasteiger partial charge in [-0.25, -0.2) is 0 Å². The molecule has 1 aromatic rings. The van der Waals surface area contributed by atoms with Gasteiger partial charge >= 0.3 is 0 Å². The molecule has 28 heavy (non-hydrogen) atoms. The molecule has 0 aliphatic carbocycles. The first-order chi connectivity index (χ1) is 13.6. The second-order valence-electron chi connectivity index (χ2n) is 8.24. The van der Waals surface area contributed by atoms with Crippen molar-refractivity contribution < 1.29 is 4.79 Å². The predicted octanol–water partition coefficient (Wildman–Crippen LogP) is 3.25. The monoisotopic (exact) mass is 382 g/mol. The Bertz CT molecular complexity index is 681. The van der Waals surface area contributed by atoms with Crippen LogP contribution in [-0.4, -0.2) is 65.4 Å². The number of rotatable bonds is 5. The number of carbonyl (C=O) groups is 1. The summed E-state index contributed by atoms with van der Waals surface area (Å²) in [6.45, 7) is 10.1. The first-order valence-electron chi connectivity index (χ1n) is 10.9. The van der Waals surface area contributed by atoms with Gasteiger partial charge in [0.05, 0.1) is 17.7 Å². The van der Waals surface area contributed by atoms with E-state index in [1.54, 1.807) is 0 Å². The van der Waals surface area contributed by atoms with Crippen LogP contribution in [0.2, 0.25) is 0 Å². The van der Waals surface area contributed by atoms with E-state index < -0.39 is 0 Å². The van der Waals surface area contributed by atoms with Crippen LogP contribution in [0.15, 0.2) is 24.3 Å². The highest BCUT2D eigenvalue weighted by Gasteiger charge is 2.32. The van der Waals surface area contributed by atoms with Crippen molar-refractivity contribution in [2.24, 2.45) is 0 Å². The van der Waals surface area contributed by atoms with E-state index in [1.807, 2.05) is 12.1 Å². The van der Waals surface area contributed by atoms with Gasteiger partial charge in [0, 0.05) is 38.8 Å². The van der Waals surface area contributed by atoms with E-state index in [1.165, 1.54) is 12.0 Å². The van der Waals surface area contributed by atoms with E-state index >= 15 is 0 Å². The number of carbonyl (C=O) groups excluding carboxylic acids is 1. The van der Waals surface area contributed by atoms with Crippen molar-refractivity contribution in [2.45, 2.75) is 64.6 Å². The molecule has 2 aliphatic heterocycles. The summed E-state index contributed by atoms with van der Waals surface area (Å²) in [5, 5.41) is 8.94. The van der Waals surface area contributed by atoms with Gasteiger partial charge in [-0.05, 0) is 63.3 Å². The van der Waals surface area contributed by atoms with Crippen LogP contribution in [0.25, 0.3) is 0 Å². The second kappa shape index (κ2) is 10.0. The van der Waals surface area contributed by atoms with E-state index in [9.17, 15) is 4.79 Å². The molecule has 0 saturated carbocycles. The Morgan fingerprint density at radius 2 is 1.89 bits per heavy atom. The van der Waals surface area contributed by atoms with Crippen LogP contribution in [0.4, 0.5) is 0 Å². The van der Waals surface area contributed by atoms with Crippen molar-refractivity contribution in [3.63, 3.8) is 0 Å². The van der Waals surface area contributed by atoms with Gasteiger partial charge in [0.1, 0.15) is 0 Å². The second-order valence-corrected chi connectivity index (χ2v) is 8.24. The maximum Gasteiger partial charge on any atom is 0.239 e. The maximum absolute atomic E-state index is 13.2. The molecule has 0 aromatic heterocycles. The highest BCUT2D eigenvalue weighted by Crippen LogP contribution is 2.22. The lowest BCUT2D eigenvalue weighted by Crippen LogP contribution is -2.52. The summed E-state index contributed by atoms with van der Waals surface area (Å²) >= 11 is 0. The summed E-state index contributed by atoms with van der Waals surface area (Å²) in [5.74, 6) is 0.326. The quantitative estimate of drug-likeness (QED) is 0.784. The van der Waals surface area contributed by atoms with Gasteiger partial charge < -0.3 is 4.90 Å². The van der Waals surface area contributed by atoms with Gasteiger partial charge in [0.25, 0.3) is 0 Å². The van der Waals surface area contributed by atoms with E-state index in [2.05, 4.69) is 46.7 Å². The molecule has 2 fully saturated rings. The first kappa shape index (κ1) is 20.8. The van der Waals surface area contributed by atoms with E-state index in [0.717, 1.165) is 65.0 Å². The largest absolute Gasteiger partial charge is 0.338 e. The van der Waals surface area contributed by atoms with Gasteiger partial charge in [0.15, 0.2) is 0 Å². The van der Waals surface area contributed by atoms with E-state index in [0.29, 0.717) is 17.5 Å². The molecular formula is C23H34N4O. The van der Waals surface area contributed by atoms with Crippen molar-refractivity contribution in [1.29, 1.82) is 5.26 Å². The number of amides is 1. The SMILES string of the molecule is CC[C@H]1CCCCN1C(=O)[C@H](C)N1CCCN(Cc2ccc(C#N)cc2)CC1. The third-order valence-electron chi connectivity index (χ3n) is 6.40. The lowest BCUT2D eigenvalue weighted by atomic mass is 9.99. The molecule has 3 rings (SSSR count). The summed E-state index contributed by atoms with van der Waals surface area (Å²) in [5.41, 5.74) is 1.96. The van der Waals surface area contributed by atoms with Crippen LogP contribution >= 0.6 is 0 Å². The number of nitriles is 1. The van der Waals surface area contributed by atoms with Crippen LogP contribution in [-0.2, 0) is 11.3 Å². The lowest BCUT2D eigenvalue weighted by Gasteiger charge is -2.39. The average molecular weight is 383 g/mol. The molecule has 2 saturated heterocycles. The molecule has 1 aromatic carbocycles. The molecule has 5 heteroatoms. The number of likely N-dealkylation sites (tertiary alicyclic amines) is 1. The third-order valence-corrected chi connectivity index (χ3v) is 6.40. The Labute approximate surface area is 169 Å². The predicted molar refractivity (Wildman–Crippen MR) is 112 cm³/mol. The molecule has 152 valence electrons. The summed E-state index contributed by atoms with van der Waals surface area (Å²) in [6.07, 6.45) is 5.72. The standard InChI is InChI=1S/C23H34N4O/c1-3-22-7-4-5-14-27(22)23(28)19(2)26-13-6-12-25(15-16-26)18-21-10-8-20(17-24)9-11-21/h8-11,19,22H,3-7,12-16,18H2,1-2H3/t19-,22-/m0/s1. The number of nitrogens with zero attached hydrogens (tertiary/aromatic N) is 4. The van der Waals surface area contributed by atoms with Gasteiger partial charge in [0.2, 0.25) is 5.91 Å². The topological polar surface area (TPSA) is 50.6 Å². The average Bonchev–Trinajstić information content (AvgIpc) is 2.98. The van der Waals surface area contributed by atoms with Crippen molar-refractivity contribution in [1.82, 2.24) is 14.7 Å². The molecule has 0 spiro atoms. The molecule has 2 aliphatic rings. The molecule has 0 unspecified atom stereocenters. The summed E-state index contributed by atoms with van der Waals surface area (Å²) in [6, 6.07) is 10.5. The molecule has 5 nitrogen and oxygen atoms in total. The van der Waals surface area contributed by atoms with Gasteiger partial charge in [-0.2, -0.15) is 5.26 Å². The Morgan fingerprint density at radius 1 is 1.11 bits per heavy atom. The zero-order chi connectivity index (χ0) is 19.9. The molecule has 1 amide bonds. The smallest absolute Gasteiger partial charge is 0.239 e. The van der Waals surface area contributed by atoms with Crippen LogP contribution in [0.5, 0.6) is 0 Å².